The lowest BCUT2D eigenvalue weighted by molar-refractivity contribution is -0.157. The smallest absolute Gasteiger partial charge is 0.344 e. The molecule has 0 saturated heterocycles. The summed E-state index contributed by atoms with van der Waals surface area (Å²) < 4.78 is 39.5. The Morgan fingerprint density at radius 2 is 1.44 bits per heavy atom. The first kappa shape index (κ1) is 31.0. The molecule has 0 fully saturated rings. The highest BCUT2D eigenvalue weighted by atomic mass is 32.2. The van der Waals surface area contributed by atoms with Gasteiger partial charge >= 0.3 is 5.97 Å². The maximum atomic E-state index is 13.8. The number of carbonyl (C=O) groups is 2. The number of esters is 1. The predicted molar refractivity (Wildman–Crippen MR) is 166 cm³/mol. The largest absolute Gasteiger partial charge is 0.482 e. The van der Waals surface area contributed by atoms with Crippen LogP contribution in [0.3, 0.4) is 0 Å². The fourth-order valence-corrected chi connectivity index (χ4v) is 5.53. The summed E-state index contributed by atoms with van der Waals surface area (Å²) in [5, 5.41) is 4.06. The van der Waals surface area contributed by atoms with Crippen LogP contribution in [0.25, 0.3) is 0 Å². The van der Waals surface area contributed by atoms with Crippen molar-refractivity contribution in [3.05, 3.63) is 126 Å². The average Bonchev–Trinajstić information content (AvgIpc) is 2.99. The Hall–Kier alpha value is -4.96. The van der Waals surface area contributed by atoms with Crippen LogP contribution in [-0.2, 0) is 26.1 Å². The predicted octanol–water partition coefficient (Wildman–Crippen LogP) is 5.57. The average molecular weight is 600 g/mol. The van der Waals surface area contributed by atoms with E-state index in [1.54, 1.807) is 87.5 Å². The maximum absolute atomic E-state index is 13.8. The van der Waals surface area contributed by atoms with E-state index in [4.69, 9.17) is 9.47 Å². The number of hydrazone groups is 1. The number of rotatable bonds is 11. The van der Waals surface area contributed by atoms with Gasteiger partial charge in [-0.05, 0) is 80.4 Å². The van der Waals surface area contributed by atoms with Crippen LogP contribution in [0.5, 0.6) is 5.75 Å². The standard InChI is InChI=1S/C33H33N3O6S/c1-33(2,3)42-31(37)24-41-27-20-18-25(19-21-27)22-34-35-32(38)29-16-10-11-17-30(29)36(23-26-12-6-4-7-13-26)43(39,40)28-14-8-5-9-15-28/h4-22H,23-24H2,1-3H3,(H,35,38)/b34-22-. The van der Waals surface area contributed by atoms with Gasteiger partial charge in [0.1, 0.15) is 11.4 Å². The molecule has 0 radical (unpaired) electrons. The Labute approximate surface area is 251 Å². The Morgan fingerprint density at radius 1 is 0.837 bits per heavy atom. The van der Waals surface area contributed by atoms with E-state index in [0.717, 1.165) is 5.56 Å². The highest BCUT2D eigenvalue weighted by molar-refractivity contribution is 7.92. The van der Waals surface area contributed by atoms with Crippen molar-refractivity contribution >= 4 is 33.8 Å². The molecule has 0 aliphatic carbocycles. The van der Waals surface area contributed by atoms with Gasteiger partial charge in [0.25, 0.3) is 15.9 Å². The number of amides is 1. The molecular weight excluding hydrogens is 566 g/mol. The van der Waals surface area contributed by atoms with E-state index >= 15 is 0 Å². The van der Waals surface area contributed by atoms with E-state index in [2.05, 4.69) is 10.5 Å². The molecule has 4 rings (SSSR count). The number of nitrogens with one attached hydrogen (secondary N) is 1. The lowest BCUT2D eigenvalue weighted by Gasteiger charge is -2.26. The number of anilines is 1. The number of para-hydroxylation sites is 1. The van der Waals surface area contributed by atoms with Crippen molar-refractivity contribution in [2.75, 3.05) is 10.9 Å². The van der Waals surface area contributed by atoms with E-state index in [1.807, 2.05) is 30.3 Å². The molecule has 4 aromatic rings. The van der Waals surface area contributed by atoms with Gasteiger partial charge in [0.15, 0.2) is 6.61 Å². The topological polar surface area (TPSA) is 114 Å². The first-order valence-electron chi connectivity index (χ1n) is 13.5. The van der Waals surface area contributed by atoms with E-state index < -0.39 is 27.5 Å². The molecule has 4 aromatic carbocycles. The molecule has 0 bridgehead atoms. The number of ether oxygens (including phenoxy) is 2. The van der Waals surface area contributed by atoms with Gasteiger partial charge in [0.05, 0.1) is 28.9 Å². The van der Waals surface area contributed by atoms with Crippen molar-refractivity contribution in [1.29, 1.82) is 0 Å². The Balaban J connectivity index is 1.50. The quantitative estimate of drug-likeness (QED) is 0.137. The number of sulfonamides is 1. The molecule has 0 atom stereocenters. The highest BCUT2D eigenvalue weighted by Crippen LogP contribution is 2.29. The van der Waals surface area contributed by atoms with Gasteiger partial charge in [-0.2, -0.15) is 5.10 Å². The second kappa shape index (κ2) is 13.8. The maximum Gasteiger partial charge on any atom is 0.344 e. The van der Waals surface area contributed by atoms with Gasteiger partial charge in [-0.25, -0.2) is 18.6 Å². The zero-order chi connectivity index (χ0) is 30.9. The van der Waals surface area contributed by atoms with E-state index in [-0.39, 0.29) is 29.3 Å². The first-order valence-corrected chi connectivity index (χ1v) is 15.0. The third kappa shape index (κ3) is 8.76. The molecule has 0 aliphatic heterocycles. The zero-order valence-corrected chi connectivity index (χ0v) is 25.0. The van der Waals surface area contributed by atoms with Gasteiger partial charge in [-0.3, -0.25) is 9.10 Å². The van der Waals surface area contributed by atoms with Crippen LogP contribution in [0.1, 0.15) is 42.3 Å². The lowest BCUT2D eigenvalue weighted by atomic mass is 10.1. The van der Waals surface area contributed by atoms with Crippen LogP contribution in [0, 0.1) is 0 Å². The number of hydrogen-bond donors (Lipinski definition) is 1. The Morgan fingerprint density at radius 3 is 2.09 bits per heavy atom. The lowest BCUT2D eigenvalue weighted by Crippen LogP contribution is -2.33. The normalized spacial score (nSPS) is 11.6. The SMILES string of the molecule is CC(C)(C)OC(=O)COc1ccc(/C=N\NC(=O)c2ccccc2N(Cc2ccccc2)S(=O)(=O)c2ccccc2)cc1. The molecule has 10 heteroatoms. The molecule has 0 aromatic heterocycles. The van der Waals surface area contributed by atoms with Gasteiger partial charge in [-0.1, -0.05) is 60.7 Å². The molecule has 1 N–H and O–H groups in total. The van der Waals surface area contributed by atoms with Gasteiger partial charge < -0.3 is 9.47 Å². The van der Waals surface area contributed by atoms with Crippen LogP contribution in [-0.4, -0.2) is 38.7 Å². The van der Waals surface area contributed by atoms with Crippen molar-refractivity contribution in [3.63, 3.8) is 0 Å². The van der Waals surface area contributed by atoms with E-state index in [9.17, 15) is 18.0 Å². The molecule has 43 heavy (non-hydrogen) atoms. The number of nitrogens with zero attached hydrogens (tertiary/aromatic N) is 2. The van der Waals surface area contributed by atoms with Gasteiger partial charge in [0, 0.05) is 0 Å². The Bertz CT molecular complexity index is 1670. The summed E-state index contributed by atoms with van der Waals surface area (Å²) in [5.74, 6) is -0.579. The van der Waals surface area contributed by atoms with Crippen molar-refractivity contribution in [2.45, 2.75) is 37.8 Å². The summed E-state index contributed by atoms with van der Waals surface area (Å²) in [6.07, 6.45) is 1.45. The third-order valence-electron chi connectivity index (χ3n) is 5.95. The first-order chi connectivity index (χ1) is 20.5. The van der Waals surface area contributed by atoms with Crippen LogP contribution >= 0.6 is 0 Å². The minimum absolute atomic E-state index is 0.0218. The fraction of sp³-hybridized carbons (Fsp3) is 0.182. The van der Waals surface area contributed by atoms with Crippen molar-refractivity contribution in [1.82, 2.24) is 5.43 Å². The minimum Gasteiger partial charge on any atom is -0.482 e. The molecule has 222 valence electrons. The third-order valence-corrected chi connectivity index (χ3v) is 7.73. The molecule has 0 spiro atoms. The fourth-order valence-electron chi connectivity index (χ4n) is 4.04. The molecule has 0 aliphatic rings. The van der Waals surface area contributed by atoms with Gasteiger partial charge in [0.2, 0.25) is 0 Å². The highest BCUT2D eigenvalue weighted by Gasteiger charge is 2.28. The molecule has 9 nitrogen and oxygen atoms in total. The molecule has 1 amide bonds. The number of benzene rings is 4. The van der Waals surface area contributed by atoms with Gasteiger partial charge in [-0.15, -0.1) is 0 Å². The summed E-state index contributed by atoms with van der Waals surface area (Å²) in [5.41, 5.74) is 3.67. The summed E-state index contributed by atoms with van der Waals surface area (Å²) >= 11 is 0. The summed E-state index contributed by atoms with van der Waals surface area (Å²) in [6.45, 7) is 5.15. The number of hydrogen-bond acceptors (Lipinski definition) is 7. The monoisotopic (exact) mass is 599 g/mol. The summed E-state index contributed by atoms with van der Waals surface area (Å²) in [6, 6.07) is 30.5. The summed E-state index contributed by atoms with van der Waals surface area (Å²) in [7, 11) is -4.02. The van der Waals surface area contributed by atoms with E-state index in [0.29, 0.717) is 11.3 Å². The molecule has 0 heterocycles. The van der Waals surface area contributed by atoms with Crippen LogP contribution < -0.4 is 14.5 Å². The van der Waals surface area contributed by atoms with Crippen LogP contribution in [0.2, 0.25) is 0 Å². The minimum atomic E-state index is -4.02. The number of carbonyl (C=O) groups excluding carboxylic acids is 2. The molecule has 0 unspecified atom stereocenters. The molecule has 0 saturated carbocycles. The second-order valence-corrected chi connectivity index (χ2v) is 12.3. The van der Waals surface area contributed by atoms with Crippen molar-refractivity contribution < 1.29 is 27.5 Å². The van der Waals surface area contributed by atoms with Crippen molar-refractivity contribution in [2.24, 2.45) is 5.10 Å². The van der Waals surface area contributed by atoms with Crippen LogP contribution in [0.15, 0.2) is 119 Å². The zero-order valence-electron chi connectivity index (χ0n) is 24.1. The Kier molecular flexibility index (Phi) is 9.95. The molecular formula is C33H33N3O6S. The van der Waals surface area contributed by atoms with Crippen molar-refractivity contribution in [3.8, 4) is 5.75 Å². The summed E-state index contributed by atoms with van der Waals surface area (Å²) in [4.78, 5) is 25.2. The van der Waals surface area contributed by atoms with Crippen LogP contribution in [0.4, 0.5) is 5.69 Å². The van der Waals surface area contributed by atoms with E-state index in [1.165, 1.54) is 22.7 Å². The second-order valence-electron chi connectivity index (χ2n) is 10.5.